The van der Waals surface area contributed by atoms with Gasteiger partial charge in [0.1, 0.15) is 4.32 Å². The predicted octanol–water partition coefficient (Wildman–Crippen LogP) is 3.18. The molecule has 5 nitrogen and oxygen atoms in total. The molecule has 138 valence electrons. The van der Waals surface area contributed by atoms with Crippen LogP contribution in [0.15, 0.2) is 29.2 Å². The number of benzene rings is 1. The fourth-order valence-corrected chi connectivity index (χ4v) is 4.28. The largest absolute Gasteiger partial charge is 0.378 e. The summed E-state index contributed by atoms with van der Waals surface area (Å²) in [6.07, 6.45) is 2.75. The first-order chi connectivity index (χ1) is 12.6. The molecule has 0 N–H and O–H groups in total. The molecular formula is C18H19ClN2O3S2. The smallest absolute Gasteiger partial charge is 0.266 e. The number of hydrogen-bond acceptors (Lipinski definition) is 5. The Morgan fingerprint density at radius 2 is 2.04 bits per heavy atom. The number of thioether (sulfide) groups is 1. The summed E-state index contributed by atoms with van der Waals surface area (Å²) in [5, 5.41) is 0.592. The Balaban J connectivity index is 1.56. The van der Waals surface area contributed by atoms with Gasteiger partial charge in [-0.05, 0) is 24.1 Å². The van der Waals surface area contributed by atoms with Crippen molar-refractivity contribution in [3.8, 4) is 0 Å². The van der Waals surface area contributed by atoms with Crippen molar-refractivity contribution in [2.24, 2.45) is 0 Å². The number of morpholine rings is 1. The molecule has 2 saturated heterocycles. The van der Waals surface area contributed by atoms with Crippen LogP contribution in [0.5, 0.6) is 0 Å². The molecule has 0 bridgehead atoms. The van der Waals surface area contributed by atoms with Crippen LogP contribution in [-0.2, 0) is 14.3 Å². The zero-order valence-electron chi connectivity index (χ0n) is 14.2. The molecule has 0 aromatic heterocycles. The molecule has 1 aromatic carbocycles. The molecule has 1 aromatic rings. The Labute approximate surface area is 167 Å². The summed E-state index contributed by atoms with van der Waals surface area (Å²) >= 11 is 12.8. The Kier molecular flexibility index (Phi) is 6.69. The third-order valence-corrected chi connectivity index (χ3v) is 5.92. The number of halogens is 1. The van der Waals surface area contributed by atoms with Gasteiger partial charge in [0.2, 0.25) is 5.91 Å². The fraction of sp³-hybridized carbons (Fsp3) is 0.389. The summed E-state index contributed by atoms with van der Waals surface area (Å²) in [6.45, 7) is 2.90. The van der Waals surface area contributed by atoms with Gasteiger partial charge in [-0.25, -0.2) is 0 Å². The van der Waals surface area contributed by atoms with E-state index in [1.165, 1.54) is 11.8 Å². The van der Waals surface area contributed by atoms with Crippen LogP contribution in [0.2, 0.25) is 5.02 Å². The Morgan fingerprint density at radius 3 is 2.77 bits per heavy atom. The molecule has 2 aliphatic heterocycles. The molecule has 0 aliphatic carbocycles. The fourth-order valence-electron chi connectivity index (χ4n) is 2.79. The van der Waals surface area contributed by atoms with Crippen LogP contribution >= 0.6 is 35.6 Å². The highest BCUT2D eigenvalue weighted by Crippen LogP contribution is 2.33. The zero-order chi connectivity index (χ0) is 18.5. The van der Waals surface area contributed by atoms with Crippen molar-refractivity contribution in [2.45, 2.75) is 12.8 Å². The Bertz CT molecular complexity index is 748. The van der Waals surface area contributed by atoms with Crippen LogP contribution < -0.4 is 0 Å². The molecule has 0 spiro atoms. The Hall–Kier alpha value is -1.41. The lowest BCUT2D eigenvalue weighted by atomic mass is 10.2. The van der Waals surface area contributed by atoms with E-state index < -0.39 is 0 Å². The van der Waals surface area contributed by atoms with Crippen LogP contribution in [0.3, 0.4) is 0 Å². The maximum atomic E-state index is 12.6. The first-order valence-corrected chi connectivity index (χ1v) is 10.0. The van der Waals surface area contributed by atoms with E-state index in [0.717, 1.165) is 5.56 Å². The third-order valence-electron chi connectivity index (χ3n) is 4.20. The minimum Gasteiger partial charge on any atom is -0.378 e. The van der Waals surface area contributed by atoms with E-state index in [-0.39, 0.29) is 11.8 Å². The maximum Gasteiger partial charge on any atom is 0.266 e. The molecule has 3 rings (SSSR count). The second-order valence-corrected chi connectivity index (χ2v) is 8.03. The molecule has 2 aliphatic rings. The molecule has 8 heteroatoms. The van der Waals surface area contributed by atoms with Crippen LogP contribution in [0, 0.1) is 0 Å². The van der Waals surface area contributed by atoms with Gasteiger partial charge < -0.3 is 9.64 Å². The molecule has 26 heavy (non-hydrogen) atoms. The van der Waals surface area contributed by atoms with E-state index in [0.29, 0.717) is 59.9 Å². The molecule has 2 heterocycles. The summed E-state index contributed by atoms with van der Waals surface area (Å²) in [5.41, 5.74) is 0.789. The highest BCUT2D eigenvalue weighted by atomic mass is 35.5. The number of thiocarbonyl (C=S) groups is 1. The van der Waals surface area contributed by atoms with Crippen molar-refractivity contribution in [3.05, 3.63) is 39.8 Å². The molecular weight excluding hydrogens is 392 g/mol. The topological polar surface area (TPSA) is 49.9 Å². The lowest BCUT2D eigenvalue weighted by Crippen LogP contribution is -2.41. The highest BCUT2D eigenvalue weighted by Gasteiger charge is 2.32. The van der Waals surface area contributed by atoms with E-state index in [9.17, 15) is 9.59 Å². The average molecular weight is 411 g/mol. The van der Waals surface area contributed by atoms with Gasteiger partial charge in [-0.2, -0.15) is 0 Å². The van der Waals surface area contributed by atoms with E-state index >= 15 is 0 Å². The van der Waals surface area contributed by atoms with Gasteiger partial charge in [0.25, 0.3) is 5.91 Å². The standard InChI is InChI=1S/C18H19ClN2O3S2/c19-14-5-2-1-4-13(14)12-15-17(23)21(18(25)26-15)7-3-6-16(22)20-8-10-24-11-9-20/h1-2,4-5,12H,3,6-11H2. The molecule has 0 radical (unpaired) electrons. The van der Waals surface area contributed by atoms with Crippen molar-refractivity contribution < 1.29 is 14.3 Å². The molecule has 0 unspecified atom stereocenters. The van der Waals surface area contributed by atoms with E-state index in [2.05, 4.69) is 0 Å². The summed E-state index contributed by atoms with van der Waals surface area (Å²) in [6, 6.07) is 7.35. The highest BCUT2D eigenvalue weighted by molar-refractivity contribution is 8.26. The number of carbonyl (C=O) groups excluding carboxylic acids is 2. The first-order valence-electron chi connectivity index (χ1n) is 8.41. The van der Waals surface area contributed by atoms with Crippen molar-refractivity contribution in [1.29, 1.82) is 0 Å². The van der Waals surface area contributed by atoms with Gasteiger partial charge in [-0.3, -0.25) is 14.5 Å². The quantitative estimate of drug-likeness (QED) is 0.551. The van der Waals surface area contributed by atoms with Crippen LogP contribution in [0.1, 0.15) is 18.4 Å². The molecule has 2 amide bonds. The second-order valence-electron chi connectivity index (χ2n) is 5.95. The summed E-state index contributed by atoms with van der Waals surface area (Å²) < 4.78 is 5.77. The minimum atomic E-state index is -0.126. The van der Waals surface area contributed by atoms with Crippen molar-refractivity contribution in [1.82, 2.24) is 9.80 Å². The van der Waals surface area contributed by atoms with E-state index in [4.69, 9.17) is 28.6 Å². The number of carbonyl (C=O) groups is 2. The lowest BCUT2D eigenvalue weighted by molar-refractivity contribution is -0.135. The zero-order valence-corrected chi connectivity index (χ0v) is 16.5. The predicted molar refractivity (Wildman–Crippen MR) is 108 cm³/mol. The normalized spacial score (nSPS) is 19.5. The summed E-state index contributed by atoms with van der Waals surface area (Å²) in [4.78, 5) is 28.7. The van der Waals surface area contributed by atoms with Crippen LogP contribution in [0.25, 0.3) is 6.08 Å². The molecule has 2 fully saturated rings. The monoisotopic (exact) mass is 410 g/mol. The average Bonchev–Trinajstić information content (AvgIpc) is 2.91. The molecule has 0 atom stereocenters. The third kappa shape index (κ3) is 4.65. The van der Waals surface area contributed by atoms with E-state index in [1.807, 2.05) is 23.1 Å². The number of hydrogen-bond donors (Lipinski definition) is 0. The number of rotatable bonds is 5. The first kappa shape index (κ1) is 19.4. The molecule has 0 saturated carbocycles. The van der Waals surface area contributed by atoms with Crippen molar-refractivity contribution in [2.75, 3.05) is 32.8 Å². The van der Waals surface area contributed by atoms with Crippen LogP contribution in [-0.4, -0.2) is 58.8 Å². The van der Waals surface area contributed by atoms with Gasteiger partial charge in [-0.1, -0.05) is 53.8 Å². The van der Waals surface area contributed by atoms with Gasteiger partial charge >= 0.3 is 0 Å². The number of amides is 2. The van der Waals surface area contributed by atoms with Gasteiger partial charge in [0.05, 0.1) is 18.1 Å². The lowest BCUT2D eigenvalue weighted by Gasteiger charge is -2.27. The number of nitrogens with zero attached hydrogens (tertiary/aromatic N) is 2. The van der Waals surface area contributed by atoms with Gasteiger partial charge in [0.15, 0.2) is 0 Å². The van der Waals surface area contributed by atoms with Crippen molar-refractivity contribution in [3.63, 3.8) is 0 Å². The number of ether oxygens (including phenoxy) is 1. The van der Waals surface area contributed by atoms with Gasteiger partial charge in [-0.15, -0.1) is 0 Å². The van der Waals surface area contributed by atoms with Crippen LogP contribution in [0.4, 0.5) is 0 Å². The summed E-state index contributed by atoms with van der Waals surface area (Å²) in [5.74, 6) is -0.0240. The Morgan fingerprint density at radius 1 is 1.31 bits per heavy atom. The van der Waals surface area contributed by atoms with E-state index in [1.54, 1.807) is 17.0 Å². The van der Waals surface area contributed by atoms with Gasteiger partial charge in [0, 0.05) is 31.1 Å². The SMILES string of the molecule is O=C(CCCN1C(=O)C(=Cc2ccccc2Cl)SC1=S)N1CCOCC1. The maximum absolute atomic E-state index is 12.6. The van der Waals surface area contributed by atoms with Crippen molar-refractivity contribution >= 4 is 57.8 Å². The summed E-state index contributed by atoms with van der Waals surface area (Å²) in [7, 11) is 0. The second kappa shape index (κ2) is 8.99. The minimum absolute atomic E-state index is 0.102.